The number of ether oxygens (including phenoxy) is 2. The molecule has 0 amide bonds. The number of fused-ring (bicyclic) bond motifs is 1. The van der Waals surface area contributed by atoms with Crippen molar-refractivity contribution in [3.05, 3.63) is 65.0 Å². The fraction of sp³-hybridized carbons (Fsp3) is 0.300. The van der Waals surface area contributed by atoms with E-state index in [0.29, 0.717) is 5.75 Å². The number of methoxy groups -OCH3 is 1. The number of benzene rings is 1. The summed E-state index contributed by atoms with van der Waals surface area (Å²) in [5, 5.41) is 4.67. The van der Waals surface area contributed by atoms with Gasteiger partial charge in [0.15, 0.2) is 6.61 Å². The maximum Gasteiger partial charge on any atom is 0.343 e. The summed E-state index contributed by atoms with van der Waals surface area (Å²) in [4.78, 5) is 11.4. The highest BCUT2D eigenvalue weighted by molar-refractivity contribution is 5.72. The lowest BCUT2D eigenvalue weighted by Gasteiger charge is -2.10. The van der Waals surface area contributed by atoms with E-state index >= 15 is 0 Å². The average Bonchev–Trinajstić information content (AvgIpc) is 2.98. The smallest absolute Gasteiger partial charge is 0.343 e. The molecule has 3 rings (SSSR count). The minimum Gasteiger partial charge on any atom is -0.480 e. The van der Waals surface area contributed by atoms with Crippen molar-refractivity contribution in [3.8, 4) is 5.75 Å². The summed E-state index contributed by atoms with van der Waals surface area (Å²) >= 11 is 0. The summed E-state index contributed by atoms with van der Waals surface area (Å²) in [6.07, 6.45) is 1.70. The molecule has 0 fully saturated rings. The highest BCUT2D eigenvalue weighted by Gasteiger charge is 2.16. The normalized spacial score (nSPS) is 10.8. The van der Waals surface area contributed by atoms with E-state index < -0.39 is 5.97 Å². The number of carbonyl (C=O) groups excluding carboxylic acids is 1. The standard InChI is InChI=1S/C20H22N2O3/c1-4-16-12-18-19(25-13-20(23)24-3)10-14(2)21-22(18)17(16)11-15-8-6-5-7-9-15/h5-10,12H,4,11,13H2,1-3H3. The van der Waals surface area contributed by atoms with E-state index in [4.69, 9.17) is 4.74 Å². The maximum atomic E-state index is 11.4. The zero-order valence-corrected chi connectivity index (χ0v) is 14.8. The number of rotatable bonds is 6. The van der Waals surface area contributed by atoms with Gasteiger partial charge in [-0.1, -0.05) is 37.3 Å². The maximum absolute atomic E-state index is 11.4. The molecule has 3 aromatic rings. The minimum absolute atomic E-state index is 0.115. The second-order valence-corrected chi connectivity index (χ2v) is 5.94. The van der Waals surface area contributed by atoms with Crippen molar-refractivity contribution in [2.24, 2.45) is 0 Å². The van der Waals surface area contributed by atoms with E-state index in [9.17, 15) is 4.79 Å². The number of carbonyl (C=O) groups is 1. The van der Waals surface area contributed by atoms with Gasteiger partial charge < -0.3 is 9.47 Å². The largest absolute Gasteiger partial charge is 0.480 e. The molecule has 0 N–H and O–H groups in total. The molecule has 0 aliphatic rings. The third-order valence-corrected chi connectivity index (χ3v) is 4.18. The van der Waals surface area contributed by atoms with Crippen LogP contribution >= 0.6 is 0 Å². The van der Waals surface area contributed by atoms with Gasteiger partial charge in [0.25, 0.3) is 0 Å². The Hall–Kier alpha value is -2.82. The lowest BCUT2D eigenvalue weighted by molar-refractivity contribution is -0.142. The third-order valence-electron chi connectivity index (χ3n) is 4.18. The van der Waals surface area contributed by atoms with Gasteiger partial charge in [-0.15, -0.1) is 0 Å². The van der Waals surface area contributed by atoms with Crippen LogP contribution in [0.2, 0.25) is 0 Å². The summed E-state index contributed by atoms with van der Waals surface area (Å²) in [5.74, 6) is 0.242. The van der Waals surface area contributed by atoms with Crippen LogP contribution in [-0.4, -0.2) is 29.3 Å². The Labute approximate surface area is 147 Å². The topological polar surface area (TPSA) is 52.8 Å². The van der Waals surface area contributed by atoms with E-state index in [1.54, 1.807) is 0 Å². The molecule has 0 bridgehead atoms. The van der Waals surface area contributed by atoms with Gasteiger partial charge in [0.2, 0.25) is 0 Å². The number of hydrogen-bond acceptors (Lipinski definition) is 4. The molecule has 5 nitrogen and oxygen atoms in total. The number of aromatic nitrogens is 2. The molecule has 5 heteroatoms. The molecule has 25 heavy (non-hydrogen) atoms. The molecular formula is C20H22N2O3. The van der Waals surface area contributed by atoms with Gasteiger partial charge in [-0.05, 0) is 30.5 Å². The molecule has 0 saturated heterocycles. The first-order chi connectivity index (χ1) is 12.1. The minimum atomic E-state index is -0.403. The molecule has 130 valence electrons. The van der Waals surface area contributed by atoms with Crippen molar-refractivity contribution in [1.82, 2.24) is 9.61 Å². The van der Waals surface area contributed by atoms with Gasteiger partial charge in [-0.25, -0.2) is 9.31 Å². The van der Waals surface area contributed by atoms with Crippen LogP contribution in [0.4, 0.5) is 0 Å². The van der Waals surface area contributed by atoms with Crippen LogP contribution in [0, 0.1) is 6.92 Å². The first kappa shape index (κ1) is 17.0. The molecule has 0 spiro atoms. The summed E-state index contributed by atoms with van der Waals surface area (Å²) < 4.78 is 12.3. The molecule has 0 aliphatic carbocycles. The number of nitrogens with zero attached hydrogens (tertiary/aromatic N) is 2. The molecule has 0 atom stereocenters. The summed E-state index contributed by atoms with van der Waals surface area (Å²) in [6.45, 7) is 3.93. The predicted octanol–water partition coefficient (Wildman–Crippen LogP) is 3.35. The third kappa shape index (κ3) is 3.65. The second-order valence-electron chi connectivity index (χ2n) is 5.94. The van der Waals surface area contributed by atoms with Crippen LogP contribution in [0.1, 0.15) is 29.4 Å². The van der Waals surface area contributed by atoms with Gasteiger partial charge in [-0.3, -0.25) is 0 Å². The summed E-state index contributed by atoms with van der Waals surface area (Å²) in [7, 11) is 1.35. The number of aryl methyl sites for hydroxylation is 2. The Balaban J connectivity index is 2.04. The van der Waals surface area contributed by atoms with Crippen molar-refractivity contribution < 1.29 is 14.3 Å². The molecule has 0 saturated carbocycles. The Morgan fingerprint density at radius 1 is 1.20 bits per heavy atom. The van der Waals surface area contributed by atoms with Gasteiger partial charge in [0.05, 0.1) is 18.5 Å². The molecular weight excluding hydrogens is 316 g/mol. The highest BCUT2D eigenvalue weighted by Crippen LogP contribution is 2.27. The fourth-order valence-corrected chi connectivity index (χ4v) is 2.93. The van der Waals surface area contributed by atoms with Gasteiger partial charge in [0, 0.05) is 12.5 Å². The van der Waals surface area contributed by atoms with Crippen molar-refractivity contribution in [2.45, 2.75) is 26.7 Å². The zero-order valence-electron chi connectivity index (χ0n) is 14.8. The lowest BCUT2D eigenvalue weighted by Crippen LogP contribution is -2.13. The van der Waals surface area contributed by atoms with Crippen molar-refractivity contribution >= 4 is 11.5 Å². The van der Waals surface area contributed by atoms with Crippen molar-refractivity contribution in [3.63, 3.8) is 0 Å². The summed E-state index contributed by atoms with van der Waals surface area (Å²) in [5.41, 5.74) is 5.31. The SMILES string of the molecule is CCc1cc2c(OCC(=O)OC)cc(C)nn2c1Cc1ccccc1. The summed E-state index contributed by atoms with van der Waals surface area (Å²) in [6, 6.07) is 14.3. The molecule has 2 aromatic heterocycles. The zero-order chi connectivity index (χ0) is 17.8. The Bertz CT molecular complexity index is 885. The van der Waals surface area contributed by atoms with Crippen molar-refractivity contribution in [1.29, 1.82) is 0 Å². The van der Waals surface area contributed by atoms with Crippen LogP contribution in [0.5, 0.6) is 5.75 Å². The van der Waals surface area contributed by atoms with E-state index in [1.165, 1.54) is 18.2 Å². The van der Waals surface area contributed by atoms with Crippen LogP contribution in [0.3, 0.4) is 0 Å². The molecule has 0 unspecified atom stereocenters. The second kappa shape index (κ2) is 7.38. The molecule has 0 aliphatic heterocycles. The van der Waals surface area contributed by atoms with Gasteiger partial charge in [-0.2, -0.15) is 5.10 Å². The van der Waals surface area contributed by atoms with Gasteiger partial charge >= 0.3 is 5.97 Å². The van der Waals surface area contributed by atoms with Gasteiger partial charge in [0.1, 0.15) is 11.3 Å². The Morgan fingerprint density at radius 2 is 1.96 bits per heavy atom. The van der Waals surface area contributed by atoms with Crippen LogP contribution in [0.15, 0.2) is 42.5 Å². The van der Waals surface area contributed by atoms with E-state index in [2.05, 4.69) is 35.0 Å². The van der Waals surface area contributed by atoms with Crippen LogP contribution in [-0.2, 0) is 22.4 Å². The predicted molar refractivity (Wildman–Crippen MR) is 96.1 cm³/mol. The Kier molecular flexibility index (Phi) is 5.03. The first-order valence-corrected chi connectivity index (χ1v) is 8.37. The molecule has 0 radical (unpaired) electrons. The monoisotopic (exact) mass is 338 g/mol. The fourth-order valence-electron chi connectivity index (χ4n) is 2.93. The lowest BCUT2D eigenvalue weighted by atomic mass is 10.1. The van der Waals surface area contributed by atoms with Crippen molar-refractivity contribution in [2.75, 3.05) is 13.7 Å². The van der Waals surface area contributed by atoms with E-state index in [-0.39, 0.29) is 6.61 Å². The van der Waals surface area contributed by atoms with E-state index in [1.807, 2.05) is 35.7 Å². The quantitative estimate of drug-likeness (QED) is 0.647. The first-order valence-electron chi connectivity index (χ1n) is 8.37. The average molecular weight is 338 g/mol. The number of esters is 1. The number of hydrogen-bond donors (Lipinski definition) is 0. The van der Waals surface area contributed by atoms with E-state index in [0.717, 1.165) is 29.7 Å². The Morgan fingerprint density at radius 3 is 2.64 bits per heavy atom. The molecule has 1 aromatic carbocycles. The van der Waals surface area contributed by atoms with Crippen LogP contribution in [0.25, 0.3) is 5.52 Å². The molecule has 2 heterocycles. The highest BCUT2D eigenvalue weighted by atomic mass is 16.6. The van der Waals surface area contributed by atoms with Crippen LogP contribution < -0.4 is 4.74 Å².